The fourth-order valence-corrected chi connectivity index (χ4v) is 3.67. The summed E-state index contributed by atoms with van der Waals surface area (Å²) in [4.78, 5) is 25.7. The van der Waals surface area contributed by atoms with Gasteiger partial charge in [0.1, 0.15) is 11.5 Å². The second-order valence-electron chi connectivity index (χ2n) is 7.38. The highest BCUT2D eigenvalue weighted by molar-refractivity contribution is 5.99. The molecule has 0 atom stereocenters. The number of nitrogens with one attached hydrogen (secondary N) is 1. The number of rotatable bonds is 8. The van der Waals surface area contributed by atoms with E-state index in [9.17, 15) is 18.0 Å². The lowest BCUT2D eigenvalue weighted by molar-refractivity contribution is 0.0554. The lowest BCUT2D eigenvalue weighted by atomic mass is 10.0. The zero-order valence-corrected chi connectivity index (χ0v) is 17.8. The van der Waals surface area contributed by atoms with Crippen molar-refractivity contribution in [3.8, 4) is 17.0 Å². The molecule has 170 valence electrons. The third-order valence-corrected chi connectivity index (χ3v) is 5.29. The molecule has 9 heteroatoms. The first-order valence-electron chi connectivity index (χ1n) is 10.2. The molecule has 0 aliphatic rings. The molecule has 0 aliphatic heterocycles. The van der Waals surface area contributed by atoms with Crippen molar-refractivity contribution in [3.05, 3.63) is 78.1 Å². The van der Waals surface area contributed by atoms with Crippen LogP contribution in [0.2, 0.25) is 0 Å². The Hall–Kier alpha value is -3.88. The maximum absolute atomic E-state index is 13.7. The fourth-order valence-electron chi connectivity index (χ4n) is 3.67. The molecule has 6 nitrogen and oxygen atoms in total. The molecule has 0 saturated heterocycles. The molecule has 33 heavy (non-hydrogen) atoms. The minimum Gasteiger partial charge on any atom is -0.481 e. The number of alkyl halides is 2. The number of carbonyl (C=O) groups excluding carboxylic acids is 1. The van der Waals surface area contributed by atoms with Gasteiger partial charge in [-0.1, -0.05) is 6.07 Å². The highest BCUT2D eigenvalue weighted by Gasteiger charge is 2.24. The summed E-state index contributed by atoms with van der Waals surface area (Å²) in [6, 6.07) is 11.0. The van der Waals surface area contributed by atoms with E-state index < -0.39 is 24.7 Å². The summed E-state index contributed by atoms with van der Waals surface area (Å²) in [6.07, 6.45) is 2.23. The van der Waals surface area contributed by atoms with Gasteiger partial charge >= 0.3 is 0 Å². The molecule has 1 N–H and O–H groups in total. The van der Waals surface area contributed by atoms with Crippen LogP contribution in [-0.4, -0.2) is 52.4 Å². The maximum Gasteiger partial charge on any atom is 0.273 e. The number of halogens is 3. The molecule has 0 bridgehead atoms. The minimum absolute atomic E-state index is 0.0174. The third-order valence-electron chi connectivity index (χ3n) is 5.29. The van der Waals surface area contributed by atoms with Gasteiger partial charge in [-0.15, -0.1) is 0 Å². The second kappa shape index (κ2) is 9.72. The van der Waals surface area contributed by atoms with Crippen LogP contribution in [0, 0.1) is 5.82 Å². The van der Waals surface area contributed by atoms with Crippen LogP contribution in [0.1, 0.15) is 16.1 Å². The zero-order valence-electron chi connectivity index (χ0n) is 17.8. The largest absolute Gasteiger partial charge is 0.481 e. The number of nitrogens with zero attached hydrogens (tertiary/aromatic N) is 3. The average Bonchev–Trinajstić information content (AvgIpc) is 3.23. The first kappa shape index (κ1) is 22.3. The highest BCUT2D eigenvalue weighted by Crippen LogP contribution is 2.25. The zero-order chi connectivity index (χ0) is 23.4. The van der Waals surface area contributed by atoms with Crippen LogP contribution < -0.4 is 4.74 Å². The number of hydrogen-bond acceptors (Lipinski definition) is 4. The molecule has 1 amide bonds. The Bertz CT molecular complexity index is 1260. The summed E-state index contributed by atoms with van der Waals surface area (Å²) >= 11 is 0. The Morgan fingerprint density at radius 3 is 2.76 bits per heavy atom. The first-order valence-corrected chi connectivity index (χ1v) is 10.2. The number of aromatic nitrogens is 3. The minimum atomic E-state index is -2.72. The number of benzene rings is 1. The van der Waals surface area contributed by atoms with Crippen LogP contribution in [0.3, 0.4) is 0 Å². The molecule has 0 fully saturated rings. The average molecular weight is 454 g/mol. The molecule has 4 aromatic rings. The number of H-pyrrole nitrogens is 1. The second-order valence-corrected chi connectivity index (χ2v) is 7.38. The summed E-state index contributed by atoms with van der Waals surface area (Å²) in [6.45, 7) is -0.726. The normalized spacial score (nSPS) is 11.2. The quantitative estimate of drug-likeness (QED) is 0.418. The standard InChI is InChI=1S/C24H21F3N4O2/c1-33-22-7-4-15(13-30-22)18-3-2-9-28-23(18)24(32)31(14-21(26)27)10-8-16-12-29-20-6-5-17(25)11-19(16)20/h2-7,9,11-13,21,29H,8,10,14H2,1H3. The summed E-state index contributed by atoms with van der Waals surface area (Å²) in [5.41, 5.74) is 2.60. The van der Waals surface area contributed by atoms with Gasteiger partial charge < -0.3 is 14.6 Å². The van der Waals surface area contributed by atoms with E-state index in [-0.39, 0.29) is 18.7 Å². The Morgan fingerprint density at radius 2 is 2.03 bits per heavy atom. The van der Waals surface area contributed by atoms with Gasteiger partial charge in [-0.25, -0.2) is 18.2 Å². The topological polar surface area (TPSA) is 71.1 Å². The van der Waals surface area contributed by atoms with E-state index in [0.717, 1.165) is 16.0 Å². The maximum atomic E-state index is 13.7. The highest BCUT2D eigenvalue weighted by atomic mass is 19.3. The first-order chi connectivity index (χ1) is 16.0. The summed E-state index contributed by atoms with van der Waals surface area (Å²) in [7, 11) is 1.49. The molecule has 3 aromatic heterocycles. The predicted molar refractivity (Wildman–Crippen MR) is 118 cm³/mol. The third kappa shape index (κ3) is 4.97. The van der Waals surface area contributed by atoms with Crippen LogP contribution in [-0.2, 0) is 6.42 Å². The van der Waals surface area contributed by atoms with Gasteiger partial charge in [0.2, 0.25) is 5.88 Å². The fraction of sp³-hybridized carbons (Fsp3) is 0.208. The van der Waals surface area contributed by atoms with Crippen molar-refractivity contribution < 1.29 is 22.7 Å². The van der Waals surface area contributed by atoms with Gasteiger partial charge in [0.05, 0.1) is 13.7 Å². The van der Waals surface area contributed by atoms with E-state index >= 15 is 0 Å². The summed E-state index contributed by atoms with van der Waals surface area (Å²) in [5, 5.41) is 0.655. The molecular formula is C24H21F3N4O2. The van der Waals surface area contributed by atoms with E-state index in [1.54, 1.807) is 36.5 Å². The molecule has 3 heterocycles. The Balaban J connectivity index is 1.61. The summed E-state index contributed by atoms with van der Waals surface area (Å²) in [5.74, 6) is -0.604. The number of methoxy groups -OCH3 is 1. The number of pyridine rings is 2. The number of amides is 1. The van der Waals surface area contributed by atoms with Crippen molar-refractivity contribution >= 4 is 16.8 Å². The molecule has 0 unspecified atom stereocenters. The molecular weight excluding hydrogens is 433 g/mol. The van der Waals surface area contributed by atoms with Crippen LogP contribution in [0.15, 0.2) is 61.1 Å². The van der Waals surface area contributed by atoms with Gasteiger partial charge in [0.15, 0.2) is 0 Å². The number of aromatic amines is 1. The predicted octanol–water partition coefficient (Wildman–Crippen LogP) is 4.72. The SMILES string of the molecule is COc1ccc(-c2cccnc2C(=O)N(CCc2c[nH]c3ccc(F)cc23)CC(F)F)cn1. The van der Waals surface area contributed by atoms with Crippen LogP contribution in [0.25, 0.3) is 22.0 Å². The molecule has 0 aliphatic carbocycles. The number of carbonyl (C=O) groups is 1. The van der Waals surface area contributed by atoms with Crippen molar-refractivity contribution in [1.82, 2.24) is 19.9 Å². The van der Waals surface area contributed by atoms with E-state index in [4.69, 9.17) is 4.74 Å². The Labute approximate surface area is 188 Å². The number of fused-ring (bicyclic) bond motifs is 1. The number of hydrogen-bond donors (Lipinski definition) is 1. The van der Waals surface area contributed by atoms with E-state index in [2.05, 4.69) is 15.0 Å². The molecule has 1 aromatic carbocycles. The Morgan fingerprint density at radius 1 is 1.18 bits per heavy atom. The molecule has 0 radical (unpaired) electrons. The van der Waals surface area contributed by atoms with Gasteiger partial charge in [-0.05, 0) is 42.3 Å². The van der Waals surface area contributed by atoms with Crippen molar-refractivity contribution in [2.75, 3.05) is 20.2 Å². The van der Waals surface area contributed by atoms with Crippen molar-refractivity contribution in [3.63, 3.8) is 0 Å². The van der Waals surface area contributed by atoms with E-state index in [1.807, 2.05) is 0 Å². The van der Waals surface area contributed by atoms with E-state index in [0.29, 0.717) is 22.4 Å². The van der Waals surface area contributed by atoms with Crippen molar-refractivity contribution in [2.24, 2.45) is 0 Å². The van der Waals surface area contributed by atoms with Crippen LogP contribution >= 0.6 is 0 Å². The molecule has 0 saturated carbocycles. The Kier molecular flexibility index (Phi) is 6.58. The van der Waals surface area contributed by atoms with Gasteiger partial charge in [0, 0.05) is 53.2 Å². The van der Waals surface area contributed by atoms with Gasteiger partial charge in [0.25, 0.3) is 12.3 Å². The lowest BCUT2D eigenvalue weighted by Crippen LogP contribution is -2.37. The van der Waals surface area contributed by atoms with Gasteiger partial charge in [-0.3, -0.25) is 9.78 Å². The monoisotopic (exact) mass is 454 g/mol. The lowest BCUT2D eigenvalue weighted by Gasteiger charge is -2.23. The van der Waals surface area contributed by atoms with Crippen molar-refractivity contribution in [1.29, 1.82) is 0 Å². The van der Waals surface area contributed by atoms with E-state index in [1.165, 1.54) is 31.6 Å². The summed E-state index contributed by atoms with van der Waals surface area (Å²) < 4.78 is 45.4. The molecule has 4 rings (SSSR count). The van der Waals surface area contributed by atoms with Crippen LogP contribution in [0.5, 0.6) is 5.88 Å². The van der Waals surface area contributed by atoms with Crippen LogP contribution in [0.4, 0.5) is 13.2 Å². The smallest absolute Gasteiger partial charge is 0.273 e. The number of ether oxygens (including phenoxy) is 1. The molecule has 0 spiro atoms. The van der Waals surface area contributed by atoms with Gasteiger partial charge in [-0.2, -0.15) is 0 Å². The van der Waals surface area contributed by atoms with Crippen molar-refractivity contribution in [2.45, 2.75) is 12.8 Å².